The molecule has 0 aliphatic carbocycles. The van der Waals surface area contributed by atoms with Crippen LogP contribution in [0.1, 0.15) is 11.1 Å². The summed E-state index contributed by atoms with van der Waals surface area (Å²) in [5.74, 6) is 0.0141. The van der Waals surface area contributed by atoms with Crippen molar-refractivity contribution in [1.29, 1.82) is 5.41 Å². The molecule has 0 unspecified atom stereocenters. The van der Waals surface area contributed by atoms with Crippen LogP contribution in [-0.4, -0.2) is 25.6 Å². The van der Waals surface area contributed by atoms with Crippen molar-refractivity contribution in [3.63, 3.8) is 0 Å². The number of aromatic nitrogens is 4. The summed E-state index contributed by atoms with van der Waals surface area (Å²) >= 11 is 1.35. The lowest BCUT2D eigenvalue weighted by Gasteiger charge is -2.08. The van der Waals surface area contributed by atoms with Gasteiger partial charge in [0.2, 0.25) is 0 Å². The van der Waals surface area contributed by atoms with Crippen LogP contribution in [0.25, 0.3) is 0 Å². The van der Waals surface area contributed by atoms with Gasteiger partial charge in [-0.1, -0.05) is 0 Å². The van der Waals surface area contributed by atoms with Crippen LogP contribution in [0.3, 0.4) is 0 Å². The highest BCUT2D eigenvalue weighted by Crippen LogP contribution is 2.27. The van der Waals surface area contributed by atoms with Crippen LogP contribution in [0.2, 0.25) is 0 Å². The van der Waals surface area contributed by atoms with Crippen molar-refractivity contribution in [1.82, 2.24) is 19.7 Å². The fourth-order valence-electron chi connectivity index (χ4n) is 1.39. The molecule has 0 aliphatic heterocycles. The van der Waals surface area contributed by atoms with Crippen molar-refractivity contribution >= 4 is 17.6 Å². The molecule has 2 heterocycles. The predicted molar refractivity (Wildman–Crippen MR) is 65.1 cm³/mol. The van der Waals surface area contributed by atoms with E-state index in [4.69, 9.17) is 11.1 Å². The van der Waals surface area contributed by atoms with E-state index in [9.17, 15) is 0 Å². The van der Waals surface area contributed by atoms with E-state index in [-0.39, 0.29) is 5.84 Å². The number of hydrogen-bond donors (Lipinski definition) is 2. The summed E-state index contributed by atoms with van der Waals surface area (Å²) in [7, 11) is 1.85. The average molecular weight is 248 g/mol. The van der Waals surface area contributed by atoms with Gasteiger partial charge in [0, 0.05) is 13.2 Å². The van der Waals surface area contributed by atoms with Crippen molar-refractivity contribution in [3.8, 4) is 0 Å². The third-order valence-electron chi connectivity index (χ3n) is 2.25. The Morgan fingerprint density at radius 2 is 2.29 bits per heavy atom. The summed E-state index contributed by atoms with van der Waals surface area (Å²) in [6.45, 7) is 1.90. The van der Waals surface area contributed by atoms with Gasteiger partial charge in [-0.25, -0.2) is 4.98 Å². The molecule has 0 radical (unpaired) electrons. The third kappa shape index (κ3) is 2.28. The van der Waals surface area contributed by atoms with Crippen LogP contribution in [0.4, 0.5) is 0 Å². The van der Waals surface area contributed by atoms with Gasteiger partial charge < -0.3 is 10.3 Å². The molecule has 0 aliphatic rings. The number of nitrogens with zero attached hydrogens (tertiary/aromatic N) is 4. The molecule has 2 aromatic rings. The largest absolute Gasteiger partial charge is 0.384 e. The molecule has 0 fully saturated rings. The van der Waals surface area contributed by atoms with Gasteiger partial charge in [-0.3, -0.25) is 5.41 Å². The van der Waals surface area contributed by atoms with Crippen LogP contribution < -0.4 is 5.73 Å². The number of rotatable bonds is 3. The zero-order valence-electron chi connectivity index (χ0n) is 9.51. The van der Waals surface area contributed by atoms with Crippen molar-refractivity contribution in [2.75, 3.05) is 0 Å². The summed E-state index contributed by atoms with van der Waals surface area (Å²) < 4.78 is 1.79. The van der Waals surface area contributed by atoms with Gasteiger partial charge in [0.15, 0.2) is 5.16 Å². The van der Waals surface area contributed by atoms with Crippen molar-refractivity contribution in [2.24, 2.45) is 12.8 Å². The quantitative estimate of drug-likeness (QED) is 0.623. The Labute approximate surface area is 103 Å². The molecular weight excluding hydrogens is 236 g/mol. The molecule has 0 amide bonds. The van der Waals surface area contributed by atoms with Crippen LogP contribution in [0.5, 0.6) is 0 Å². The minimum Gasteiger partial charge on any atom is -0.384 e. The molecule has 0 atom stereocenters. The highest BCUT2D eigenvalue weighted by atomic mass is 32.2. The van der Waals surface area contributed by atoms with E-state index < -0.39 is 0 Å². The van der Waals surface area contributed by atoms with Crippen LogP contribution in [-0.2, 0) is 7.05 Å². The molecule has 3 N–H and O–H groups in total. The maximum absolute atomic E-state index is 7.58. The first-order chi connectivity index (χ1) is 8.09. The molecular formula is C10H12N6S. The molecule has 0 aromatic carbocycles. The molecule has 6 nitrogen and oxygen atoms in total. The smallest absolute Gasteiger partial charge is 0.197 e. The summed E-state index contributed by atoms with van der Waals surface area (Å²) in [5, 5.41) is 16.7. The van der Waals surface area contributed by atoms with Gasteiger partial charge in [0.25, 0.3) is 0 Å². The zero-order chi connectivity index (χ0) is 12.4. The lowest BCUT2D eigenvalue weighted by Crippen LogP contribution is -2.15. The molecule has 88 valence electrons. The number of nitrogen functional groups attached to an aromatic ring is 1. The number of amidine groups is 1. The zero-order valence-corrected chi connectivity index (χ0v) is 10.3. The van der Waals surface area contributed by atoms with Gasteiger partial charge in [0.1, 0.15) is 17.2 Å². The van der Waals surface area contributed by atoms with E-state index >= 15 is 0 Å². The Bertz CT molecular complexity index is 562. The van der Waals surface area contributed by atoms with Crippen molar-refractivity contribution < 1.29 is 0 Å². The Hall–Kier alpha value is -1.89. The number of pyridine rings is 1. The molecule has 2 aromatic heterocycles. The summed E-state index contributed by atoms with van der Waals surface area (Å²) in [4.78, 5) is 4.24. The minimum atomic E-state index is 0.0141. The SMILES string of the molecule is Cc1ccnc(Sc2nncn2C)c1C(=N)N. The van der Waals surface area contributed by atoms with Crippen LogP contribution in [0, 0.1) is 12.3 Å². The topological polar surface area (TPSA) is 93.5 Å². The van der Waals surface area contributed by atoms with Gasteiger partial charge in [-0.2, -0.15) is 0 Å². The lowest BCUT2D eigenvalue weighted by molar-refractivity contribution is 0.787. The summed E-state index contributed by atoms with van der Waals surface area (Å²) in [6.07, 6.45) is 3.31. The van der Waals surface area contributed by atoms with Crippen molar-refractivity contribution in [3.05, 3.63) is 29.7 Å². The maximum Gasteiger partial charge on any atom is 0.197 e. The summed E-state index contributed by atoms with van der Waals surface area (Å²) in [6, 6.07) is 1.83. The minimum absolute atomic E-state index is 0.0141. The highest BCUT2D eigenvalue weighted by molar-refractivity contribution is 7.99. The predicted octanol–water partition coefficient (Wildman–Crippen LogP) is 0.954. The number of aryl methyl sites for hydroxylation is 2. The first-order valence-electron chi connectivity index (χ1n) is 4.91. The van der Waals surface area contributed by atoms with Gasteiger partial charge in [0.05, 0.1) is 5.56 Å². The monoisotopic (exact) mass is 248 g/mol. The first kappa shape index (κ1) is 11.6. The van der Waals surface area contributed by atoms with Crippen molar-refractivity contribution in [2.45, 2.75) is 17.1 Å². The summed E-state index contributed by atoms with van der Waals surface area (Å²) in [5.41, 5.74) is 7.15. The molecule has 0 spiro atoms. The van der Waals surface area contributed by atoms with E-state index in [1.165, 1.54) is 11.8 Å². The molecule has 0 saturated carbocycles. The fourth-order valence-corrected chi connectivity index (χ4v) is 2.33. The number of nitrogens with one attached hydrogen (secondary N) is 1. The number of hydrogen-bond acceptors (Lipinski definition) is 5. The normalized spacial score (nSPS) is 10.5. The fraction of sp³-hybridized carbons (Fsp3) is 0.200. The second-order valence-electron chi connectivity index (χ2n) is 3.55. The molecule has 7 heteroatoms. The Morgan fingerprint density at radius 1 is 1.53 bits per heavy atom. The highest BCUT2D eigenvalue weighted by Gasteiger charge is 2.13. The van der Waals surface area contributed by atoms with Gasteiger partial charge in [-0.05, 0) is 30.3 Å². The van der Waals surface area contributed by atoms with Gasteiger partial charge >= 0.3 is 0 Å². The Morgan fingerprint density at radius 3 is 2.88 bits per heavy atom. The second kappa shape index (κ2) is 4.54. The van der Waals surface area contributed by atoms with Crippen LogP contribution >= 0.6 is 11.8 Å². The molecule has 2 rings (SSSR count). The third-order valence-corrected chi connectivity index (χ3v) is 3.31. The second-order valence-corrected chi connectivity index (χ2v) is 4.50. The van der Waals surface area contributed by atoms with E-state index in [1.54, 1.807) is 17.1 Å². The first-order valence-corrected chi connectivity index (χ1v) is 5.73. The standard InChI is InChI=1S/C10H12N6S/c1-6-3-4-13-9(7(6)8(11)12)17-10-15-14-5-16(10)2/h3-5H,1-2H3,(H3,11,12). The maximum atomic E-state index is 7.58. The Kier molecular flexibility index (Phi) is 3.10. The van der Waals surface area contributed by atoms with E-state index in [1.807, 2.05) is 20.0 Å². The van der Waals surface area contributed by atoms with E-state index in [0.29, 0.717) is 15.7 Å². The number of nitrogens with two attached hydrogens (primary N) is 1. The molecule has 17 heavy (non-hydrogen) atoms. The average Bonchev–Trinajstić information content (AvgIpc) is 2.64. The van der Waals surface area contributed by atoms with Crippen LogP contribution in [0.15, 0.2) is 28.8 Å². The van der Waals surface area contributed by atoms with Gasteiger partial charge in [-0.15, -0.1) is 10.2 Å². The Balaban J connectivity index is 2.43. The lowest BCUT2D eigenvalue weighted by atomic mass is 10.1. The van der Waals surface area contributed by atoms with E-state index in [0.717, 1.165) is 5.56 Å². The molecule has 0 saturated heterocycles. The molecule has 0 bridgehead atoms. The van der Waals surface area contributed by atoms with E-state index in [2.05, 4.69) is 15.2 Å².